The molecule has 1 aliphatic rings. The van der Waals surface area contributed by atoms with Gasteiger partial charge in [-0.1, -0.05) is 11.6 Å². The van der Waals surface area contributed by atoms with Crippen LogP contribution in [0.2, 0.25) is 5.02 Å². The van der Waals surface area contributed by atoms with E-state index in [4.69, 9.17) is 58.7 Å². The third-order valence-electron chi connectivity index (χ3n) is 5.25. The van der Waals surface area contributed by atoms with Gasteiger partial charge in [0.05, 0.1) is 52.1 Å². The number of rotatable bonds is 5. The van der Waals surface area contributed by atoms with Gasteiger partial charge in [0, 0.05) is 29.8 Å². The van der Waals surface area contributed by atoms with Gasteiger partial charge in [0.25, 0.3) is 5.91 Å². The number of carbonyl (C=O) groups is 1. The van der Waals surface area contributed by atoms with Crippen molar-refractivity contribution < 1.29 is 13.6 Å². The Morgan fingerprint density at radius 2 is 1.73 bits per heavy atom. The van der Waals surface area contributed by atoms with Gasteiger partial charge in [0.2, 0.25) is 0 Å². The summed E-state index contributed by atoms with van der Waals surface area (Å²) in [5, 5.41) is -3.70. The second kappa shape index (κ2) is 8.80. The van der Waals surface area contributed by atoms with Crippen LogP contribution >= 0.6 is 11.6 Å². The average Bonchev–Trinajstić information content (AvgIpc) is 2.67. The monoisotopic (exact) mass is 454 g/mol. The molecule has 1 aromatic heterocycles. The molecule has 0 atom stereocenters. The van der Waals surface area contributed by atoms with Crippen LogP contribution in [-0.2, 0) is 5.34 Å². The molecular weight excluding hydrogens is 439 g/mol. The number of alkyl halides is 1. The number of aromatic nitrogens is 2. The number of hydrogen-bond acceptors (Lipinski definition) is 4. The van der Waals surface area contributed by atoms with Crippen LogP contribution in [0.4, 0.5) is 8.78 Å². The van der Waals surface area contributed by atoms with Crippen LogP contribution < -0.4 is 5.32 Å². The summed E-state index contributed by atoms with van der Waals surface area (Å²) in [5.74, 6) is -1.55. The molecule has 0 unspecified atom stereocenters. The molecule has 0 saturated carbocycles. The number of benzene rings is 1. The van der Waals surface area contributed by atoms with Gasteiger partial charge < -0.3 is 10.2 Å². The zero-order chi connectivity index (χ0) is 24.8. The lowest BCUT2D eigenvalue weighted by Crippen LogP contribution is -2.73. The second-order valence-corrected chi connectivity index (χ2v) is 8.97. The van der Waals surface area contributed by atoms with Gasteiger partial charge in [-0.05, 0) is 54.2 Å². The smallest absolute Gasteiger partial charge is 0.252 e. The van der Waals surface area contributed by atoms with Crippen molar-refractivity contribution in [3.63, 3.8) is 0 Å². The van der Waals surface area contributed by atoms with Crippen molar-refractivity contribution in [1.82, 2.24) is 20.2 Å². The summed E-state index contributed by atoms with van der Waals surface area (Å²) in [6.45, 7) is 1.30. The van der Waals surface area contributed by atoms with Crippen molar-refractivity contribution in [2.75, 3.05) is 6.54 Å². The van der Waals surface area contributed by atoms with E-state index in [1.807, 2.05) is 0 Å². The highest BCUT2D eigenvalue weighted by molar-refractivity contribution is 6.46. The van der Waals surface area contributed by atoms with Crippen molar-refractivity contribution in [1.29, 1.82) is 0 Å². The summed E-state index contributed by atoms with van der Waals surface area (Å²) in [6, 6.07) is 3.22. The molecule has 1 aliphatic heterocycles. The fourth-order valence-corrected chi connectivity index (χ4v) is 4.06. The molecule has 1 saturated heterocycles. The maximum Gasteiger partial charge on any atom is 0.252 e. The van der Waals surface area contributed by atoms with Gasteiger partial charge in [0.1, 0.15) is 17.3 Å². The minimum Gasteiger partial charge on any atom is -0.362 e. The number of nitrogens with zero attached hydrogens (tertiary/aromatic N) is 3. The average molecular weight is 454 g/mol. The van der Waals surface area contributed by atoms with E-state index in [0.717, 1.165) is 28.7 Å². The first-order valence-corrected chi connectivity index (χ1v) is 10.2. The Labute approximate surface area is 204 Å². The number of piperidine rings is 1. The van der Waals surface area contributed by atoms with E-state index < -0.39 is 52.8 Å². The van der Waals surface area contributed by atoms with Crippen molar-refractivity contribution in [3.8, 4) is 0 Å². The highest BCUT2D eigenvalue weighted by Crippen LogP contribution is 2.42. The molecule has 33 heavy (non-hydrogen) atoms. The lowest BCUT2D eigenvalue weighted by molar-refractivity contribution is 0.00392. The van der Waals surface area contributed by atoms with Crippen molar-refractivity contribution in [3.05, 3.63) is 58.4 Å². The molecule has 3 rings (SSSR count). The Balaban J connectivity index is 1.82. The van der Waals surface area contributed by atoms with Crippen LogP contribution in [0.5, 0.6) is 0 Å². The Kier molecular flexibility index (Phi) is 6.91. The SMILES string of the molecule is [B]C([B])(NCC1(F)CC([B])([B])N(C(=O)c2ccc(F)c(Cl)c2)C([B])([B])C1)c1ncc(C)cn1. The maximum absolute atomic E-state index is 15.9. The number of carbonyl (C=O) groups excluding carboxylic acids is 1. The highest BCUT2D eigenvalue weighted by atomic mass is 35.5. The Bertz CT molecular complexity index is 1040. The standard InChI is InChI=1S/C19H15B6ClF2N4O/c1-10-5-29-15(30-6-10)19(24,25)31-9-16(28)7-17(20,21)32(18(22,23)8-16)14(33)11-2-3-13(27)12(26)4-11/h2-6,31H,7-9H2,1H3. The summed E-state index contributed by atoms with van der Waals surface area (Å²) in [7, 11) is 36.5. The fraction of sp³-hybridized carbons (Fsp3) is 0.421. The van der Waals surface area contributed by atoms with Gasteiger partial charge in [0.15, 0.2) is 0 Å². The summed E-state index contributed by atoms with van der Waals surface area (Å²) in [5.41, 5.74) is -1.52. The van der Waals surface area contributed by atoms with Gasteiger partial charge >= 0.3 is 0 Å². The first-order valence-electron chi connectivity index (χ1n) is 9.82. The van der Waals surface area contributed by atoms with E-state index >= 15 is 4.39 Å². The number of likely N-dealkylation sites (tertiary alicyclic amines) is 1. The molecule has 2 aromatic rings. The van der Waals surface area contributed by atoms with Crippen molar-refractivity contribution in [2.45, 2.75) is 41.4 Å². The number of nitrogens with one attached hydrogen (secondary N) is 1. The number of amides is 1. The topological polar surface area (TPSA) is 58.1 Å². The molecular formula is C19H15B6ClF2N4O. The lowest BCUT2D eigenvalue weighted by atomic mass is 9.44. The third-order valence-corrected chi connectivity index (χ3v) is 5.54. The quantitative estimate of drug-likeness (QED) is 0.659. The van der Waals surface area contributed by atoms with E-state index in [1.165, 1.54) is 12.4 Å². The van der Waals surface area contributed by atoms with E-state index in [1.54, 1.807) is 6.92 Å². The highest BCUT2D eigenvalue weighted by Gasteiger charge is 2.53. The second-order valence-electron chi connectivity index (χ2n) is 8.56. The molecule has 5 nitrogen and oxygen atoms in total. The van der Waals surface area contributed by atoms with E-state index in [-0.39, 0.29) is 16.4 Å². The maximum atomic E-state index is 15.9. The van der Waals surface area contributed by atoms with Crippen molar-refractivity contribution in [2.24, 2.45) is 0 Å². The number of hydrogen-bond donors (Lipinski definition) is 1. The zero-order valence-electron chi connectivity index (χ0n) is 17.9. The lowest BCUT2D eigenvalue weighted by Gasteiger charge is -2.59. The van der Waals surface area contributed by atoms with E-state index in [2.05, 4.69) is 15.3 Å². The Hall–Kier alpha value is -1.73. The minimum absolute atomic E-state index is 0.0241. The van der Waals surface area contributed by atoms with Gasteiger partial charge in [-0.2, -0.15) is 0 Å². The molecule has 1 amide bonds. The van der Waals surface area contributed by atoms with Crippen LogP contribution in [-0.4, -0.2) is 90.7 Å². The van der Waals surface area contributed by atoms with Crippen LogP contribution in [0.1, 0.15) is 34.6 Å². The van der Waals surface area contributed by atoms with Crippen LogP contribution in [0.15, 0.2) is 30.6 Å². The van der Waals surface area contributed by atoms with Crippen LogP contribution in [0.3, 0.4) is 0 Å². The summed E-state index contributed by atoms with van der Waals surface area (Å²) in [6.07, 6.45) is 1.86. The van der Waals surface area contributed by atoms with Gasteiger partial charge in [-0.15, -0.1) is 0 Å². The largest absolute Gasteiger partial charge is 0.362 e. The molecule has 0 bridgehead atoms. The normalized spacial score (nSPS) is 19.2. The molecule has 156 valence electrons. The molecule has 1 aromatic carbocycles. The molecule has 0 spiro atoms. The predicted molar refractivity (Wildman–Crippen MR) is 127 cm³/mol. The Morgan fingerprint density at radius 1 is 1.18 bits per heavy atom. The molecule has 2 heterocycles. The summed E-state index contributed by atoms with van der Waals surface area (Å²) in [4.78, 5) is 21.9. The van der Waals surface area contributed by atoms with Crippen molar-refractivity contribution >= 4 is 64.6 Å². The first kappa shape index (κ1) is 25.9. The first-order chi connectivity index (χ1) is 15.1. The number of halogens is 3. The van der Waals surface area contributed by atoms with E-state index in [9.17, 15) is 9.18 Å². The molecule has 0 aliphatic carbocycles. The zero-order valence-corrected chi connectivity index (χ0v) is 18.6. The Morgan fingerprint density at radius 3 is 2.24 bits per heavy atom. The fourth-order valence-electron chi connectivity index (χ4n) is 3.87. The molecule has 12 radical (unpaired) electrons. The number of aryl methyl sites for hydroxylation is 1. The third kappa shape index (κ3) is 5.51. The summed E-state index contributed by atoms with van der Waals surface area (Å²) >= 11 is 5.75. The summed E-state index contributed by atoms with van der Waals surface area (Å²) < 4.78 is 29.4. The van der Waals surface area contributed by atoms with E-state index in [0.29, 0.717) is 0 Å². The van der Waals surface area contributed by atoms with Crippen LogP contribution in [0, 0.1) is 12.7 Å². The van der Waals surface area contributed by atoms with Crippen LogP contribution in [0.25, 0.3) is 0 Å². The van der Waals surface area contributed by atoms with Gasteiger partial charge in [-0.25, -0.2) is 18.7 Å². The predicted octanol–water partition coefficient (Wildman–Crippen LogP) is 0.241. The molecule has 1 fully saturated rings. The molecule has 14 heteroatoms. The minimum atomic E-state index is -2.22. The van der Waals surface area contributed by atoms with Gasteiger partial charge in [-0.3, -0.25) is 4.79 Å². The molecule has 1 N–H and O–H groups in total.